The largest absolute Gasteiger partial charge is 0.324 e. The molecule has 1 aromatic heterocycles. The predicted molar refractivity (Wildman–Crippen MR) is 152 cm³/mol. The smallest absolute Gasteiger partial charge is 0.250 e. The molecule has 0 amide bonds. The van der Waals surface area contributed by atoms with E-state index in [2.05, 4.69) is 20.8 Å². The standard InChI is InChI=1S/C29H24ClN7/c1-21-16-18-23(19-17-21)32-27-33-28(36-31-20-22-10-8-9-15-26(22)30)35-29(34-27)37(24-11-4-2-5-12-24)25-13-6-3-7-14-25/h2-20H,1H3,(H2,32,33,34,35,36). The lowest BCUT2D eigenvalue weighted by Gasteiger charge is -2.23. The lowest BCUT2D eigenvalue weighted by molar-refractivity contribution is 1.00. The zero-order valence-electron chi connectivity index (χ0n) is 20.1. The molecule has 0 aliphatic heterocycles. The first-order valence-corrected chi connectivity index (χ1v) is 12.1. The fourth-order valence-electron chi connectivity index (χ4n) is 3.61. The van der Waals surface area contributed by atoms with Gasteiger partial charge in [-0.1, -0.05) is 83.9 Å². The van der Waals surface area contributed by atoms with Crippen molar-refractivity contribution in [3.8, 4) is 0 Å². The van der Waals surface area contributed by atoms with Crippen LogP contribution in [0.15, 0.2) is 114 Å². The Morgan fingerprint density at radius 2 is 1.30 bits per heavy atom. The molecule has 7 nitrogen and oxygen atoms in total. The second kappa shape index (κ2) is 11.3. The van der Waals surface area contributed by atoms with E-state index in [0.29, 0.717) is 16.9 Å². The number of hydrogen-bond acceptors (Lipinski definition) is 7. The molecule has 0 fully saturated rings. The van der Waals surface area contributed by atoms with Crippen molar-refractivity contribution in [3.63, 3.8) is 0 Å². The summed E-state index contributed by atoms with van der Waals surface area (Å²) in [5, 5.41) is 8.21. The van der Waals surface area contributed by atoms with Gasteiger partial charge in [0.15, 0.2) is 0 Å². The minimum atomic E-state index is 0.278. The van der Waals surface area contributed by atoms with E-state index in [1.54, 1.807) is 6.21 Å². The first-order chi connectivity index (χ1) is 18.2. The maximum absolute atomic E-state index is 6.26. The molecule has 0 aliphatic rings. The Morgan fingerprint density at radius 3 is 1.95 bits per heavy atom. The summed E-state index contributed by atoms with van der Waals surface area (Å²) in [7, 11) is 0. The van der Waals surface area contributed by atoms with Gasteiger partial charge >= 0.3 is 0 Å². The van der Waals surface area contributed by atoms with Crippen LogP contribution in [-0.4, -0.2) is 21.2 Å². The van der Waals surface area contributed by atoms with E-state index in [-0.39, 0.29) is 5.95 Å². The third kappa shape index (κ3) is 6.09. The fourth-order valence-corrected chi connectivity index (χ4v) is 3.79. The molecule has 0 spiro atoms. The van der Waals surface area contributed by atoms with Crippen LogP contribution in [0, 0.1) is 6.92 Å². The summed E-state index contributed by atoms with van der Waals surface area (Å²) >= 11 is 6.26. The molecule has 5 aromatic rings. The summed E-state index contributed by atoms with van der Waals surface area (Å²) in [5.74, 6) is 1.08. The molecule has 2 N–H and O–H groups in total. The van der Waals surface area contributed by atoms with Gasteiger partial charge in [-0.05, 0) is 49.4 Å². The highest BCUT2D eigenvalue weighted by molar-refractivity contribution is 6.33. The van der Waals surface area contributed by atoms with E-state index < -0.39 is 0 Å². The normalized spacial score (nSPS) is 10.9. The summed E-state index contributed by atoms with van der Waals surface area (Å²) in [4.78, 5) is 16.0. The van der Waals surface area contributed by atoms with Gasteiger partial charge < -0.3 is 5.32 Å². The molecule has 5 rings (SSSR count). The Hall–Kier alpha value is -4.75. The Kier molecular flexibility index (Phi) is 7.34. The lowest BCUT2D eigenvalue weighted by atomic mass is 10.2. The highest BCUT2D eigenvalue weighted by Gasteiger charge is 2.18. The van der Waals surface area contributed by atoms with Gasteiger partial charge in [0.25, 0.3) is 0 Å². The zero-order valence-corrected chi connectivity index (χ0v) is 20.8. The van der Waals surface area contributed by atoms with E-state index in [1.165, 1.54) is 0 Å². The summed E-state index contributed by atoms with van der Waals surface area (Å²) in [5.41, 5.74) is 7.56. The molecule has 0 unspecified atom stereocenters. The minimum Gasteiger partial charge on any atom is -0.324 e. The monoisotopic (exact) mass is 505 g/mol. The van der Waals surface area contributed by atoms with E-state index in [0.717, 1.165) is 28.2 Å². The quantitative estimate of drug-likeness (QED) is 0.168. The van der Waals surface area contributed by atoms with Gasteiger partial charge in [0, 0.05) is 27.6 Å². The van der Waals surface area contributed by atoms with Crippen molar-refractivity contribution in [2.45, 2.75) is 6.92 Å². The molecule has 0 radical (unpaired) electrons. The van der Waals surface area contributed by atoms with Gasteiger partial charge in [-0.3, -0.25) is 4.90 Å². The third-order valence-electron chi connectivity index (χ3n) is 5.43. The zero-order chi connectivity index (χ0) is 25.5. The Bertz CT molecular complexity index is 1450. The van der Waals surface area contributed by atoms with Gasteiger partial charge in [0.2, 0.25) is 17.8 Å². The maximum Gasteiger partial charge on any atom is 0.250 e. The van der Waals surface area contributed by atoms with Crippen LogP contribution in [-0.2, 0) is 0 Å². The van der Waals surface area contributed by atoms with E-state index in [9.17, 15) is 0 Å². The average molecular weight is 506 g/mol. The van der Waals surface area contributed by atoms with Crippen LogP contribution in [0.3, 0.4) is 0 Å². The van der Waals surface area contributed by atoms with Crippen molar-refractivity contribution < 1.29 is 0 Å². The number of aryl methyl sites for hydroxylation is 1. The number of para-hydroxylation sites is 2. The van der Waals surface area contributed by atoms with E-state index in [1.807, 2.05) is 121 Å². The van der Waals surface area contributed by atoms with Crippen molar-refractivity contribution in [2.24, 2.45) is 5.10 Å². The Morgan fingerprint density at radius 1 is 0.703 bits per heavy atom. The molecular weight excluding hydrogens is 482 g/mol. The SMILES string of the molecule is Cc1ccc(Nc2nc(NN=Cc3ccccc3Cl)nc(N(c3ccccc3)c3ccccc3)n2)cc1. The summed E-state index contributed by atoms with van der Waals surface area (Å²) < 4.78 is 0. The molecule has 0 saturated carbocycles. The molecule has 8 heteroatoms. The van der Waals surface area contributed by atoms with Crippen LogP contribution < -0.4 is 15.6 Å². The summed E-state index contributed by atoms with van der Waals surface area (Å²) in [6.07, 6.45) is 1.63. The van der Waals surface area contributed by atoms with E-state index >= 15 is 0 Å². The number of halogens is 1. The average Bonchev–Trinajstić information content (AvgIpc) is 2.92. The fraction of sp³-hybridized carbons (Fsp3) is 0.0345. The maximum atomic E-state index is 6.26. The number of benzene rings is 4. The van der Waals surface area contributed by atoms with Crippen LogP contribution in [0.5, 0.6) is 0 Å². The number of hydrazone groups is 1. The predicted octanol–water partition coefficient (Wildman–Crippen LogP) is 7.49. The summed E-state index contributed by atoms with van der Waals surface area (Å²) in [6, 6.07) is 35.3. The highest BCUT2D eigenvalue weighted by Crippen LogP contribution is 2.32. The van der Waals surface area contributed by atoms with Crippen molar-refractivity contribution in [3.05, 3.63) is 125 Å². The van der Waals surface area contributed by atoms with Gasteiger partial charge in [0.1, 0.15) is 0 Å². The lowest BCUT2D eigenvalue weighted by Crippen LogP contribution is -2.16. The number of nitrogens with one attached hydrogen (secondary N) is 2. The number of hydrogen-bond donors (Lipinski definition) is 2. The van der Waals surface area contributed by atoms with Crippen molar-refractivity contribution in [2.75, 3.05) is 15.6 Å². The Balaban J connectivity index is 1.55. The molecule has 0 atom stereocenters. The van der Waals surface area contributed by atoms with Crippen LogP contribution in [0.4, 0.5) is 34.9 Å². The van der Waals surface area contributed by atoms with Crippen molar-refractivity contribution in [1.29, 1.82) is 0 Å². The summed E-state index contributed by atoms with van der Waals surface area (Å²) in [6.45, 7) is 2.04. The number of aromatic nitrogens is 3. The molecule has 182 valence electrons. The first-order valence-electron chi connectivity index (χ1n) is 11.7. The van der Waals surface area contributed by atoms with E-state index in [4.69, 9.17) is 21.6 Å². The molecule has 0 saturated heterocycles. The number of nitrogens with zero attached hydrogens (tertiary/aromatic N) is 5. The first kappa shape index (κ1) is 24.0. The van der Waals surface area contributed by atoms with Crippen LogP contribution in [0.1, 0.15) is 11.1 Å². The van der Waals surface area contributed by atoms with Gasteiger partial charge in [-0.25, -0.2) is 5.43 Å². The highest BCUT2D eigenvalue weighted by atomic mass is 35.5. The van der Waals surface area contributed by atoms with Crippen molar-refractivity contribution in [1.82, 2.24) is 15.0 Å². The van der Waals surface area contributed by atoms with Crippen LogP contribution >= 0.6 is 11.6 Å². The molecule has 0 bridgehead atoms. The van der Waals surface area contributed by atoms with Crippen LogP contribution in [0.2, 0.25) is 5.02 Å². The number of rotatable bonds is 8. The van der Waals surface area contributed by atoms with Crippen LogP contribution in [0.25, 0.3) is 0 Å². The Labute approximate surface area is 220 Å². The topological polar surface area (TPSA) is 78.3 Å². The van der Waals surface area contributed by atoms with Crippen molar-refractivity contribution >= 4 is 52.7 Å². The molecule has 4 aromatic carbocycles. The second-order valence-electron chi connectivity index (χ2n) is 8.17. The molecular formula is C29H24ClN7. The minimum absolute atomic E-state index is 0.278. The third-order valence-corrected chi connectivity index (χ3v) is 5.78. The molecule has 0 aliphatic carbocycles. The molecule has 37 heavy (non-hydrogen) atoms. The molecule has 1 heterocycles. The number of anilines is 6. The van der Waals surface area contributed by atoms with Gasteiger partial charge in [-0.15, -0.1) is 0 Å². The second-order valence-corrected chi connectivity index (χ2v) is 8.58. The van der Waals surface area contributed by atoms with Gasteiger partial charge in [-0.2, -0.15) is 20.1 Å². The van der Waals surface area contributed by atoms with Gasteiger partial charge in [0.05, 0.1) is 6.21 Å².